The summed E-state index contributed by atoms with van der Waals surface area (Å²) < 4.78 is 16.2. The fraction of sp³-hybridized carbons (Fsp3) is 0.238. The minimum Gasteiger partial charge on any atom is -0.486 e. The van der Waals surface area contributed by atoms with Gasteiger partial charge in [0.25, 0.3) is 5.91 Å². The van der Waals surface area contributed by atoms with Crippen LogP contribution in [0, 0.1) is 6.92 Å². The molecule has 2 heterocycles. The van der Waals surface area contributed by atoms with Crippen LogP contribution in [0.1, 0.15) is 27.8 Å². The van der Waals surface area contributed by atoms with E-state index in [9.17, 15) is 9.90 Å². The Bertz CT molecular complexity index is 1050. The van der Waals surface area contributed by atoms with Crippen molar-refractivity contribution in [2.24, 2.45) is 0 Å². The summed E-state index contributed by atoms with van der Waals surface area (Å²) in [5.74, 6) is 1.18. The second-order valence-corrected chi connectivity index (χ2v) is 6.98. The number of aromatic nitrogens is 1. The molecule has 1 aromatic heterocycles. The molecule has 3 aromatic rings. The van der Waals surface area contributed by atoms with Gasteiger partial charge in [0.2, 0.25) is 0 Å². The fourth-order valence-corrected chi connectivity index (χ4v) is 3.36. The minimum absolute atomic E-state index is 0.00502. The zero-order chi connectivity index (χ0) is 20.4. The number of hydrogen-bond acceptors (Lipinski definition) is 6. The molecule has 7 nitrogen and oxygen atoms in total. The third-order valence-electron chi connectivity index (χ3n) is 4.63. The molecule has 29 heavy (non-hydrogen) atoms. The lowest BCUT2D eigenvalue weighted by atomic mass is 10.0. The van der Waals surface area contributed by atoms with Crippen LogP contribution in [0.4, 0.5) is 0 Å². The number of halogens is 1. The van der Waals surface area contributed by atoms with E-state index in [-0.39, 0.29) is 12.1 Å². The maximum Gasteiger partial charge on any atom is 0.257 e. The lowest BCUT2D eigenvalue weighted by molar-refractivity contribution is 0.0915. The molecule has 4 rings (SSSR count). The quantitative estimate of drug-likeness (QED) is 0.663. The molecule has 1 aliphatic rings. The lowest BCUT2D eigenvalue weighted by Crippen LogP contribution is -2.29. The SMILES string of the molecule is Cc1onc(-c2ccccc2Cl)c1C(=O)NC[C@@H](O)c1ccc2c(c1)OCCO2. The first-order chi connectivity index (χ1) is 14.0. The number of aliphatic hydroxyl groups excluding tert-OH is 1. The largest absolute Gasteiger partial charge is 0.486 e. The average Bonchev–Trinajstić information content (AvgIpc) is 3.13. The summed E-state index contributed by atoms with van der Waals surface area (Å²) >= 11 is 6.23. The number of amides is 1. The summed E-state index contributed by atoms with van der Waals surface area (Å²) in [6.07, 6.45) is -0.918. The number of carbonyl (C=O) groups excluding carboxylic acids is 1. The first kappa shape index (κ1) is 19.3. The standard InChI is InChI=1S/C21H19ClN2O5/c1-12-19(20(24-29-12)14-4-2-3-5-15(14)22)21(26)23-11-16(25)13-6-7-17-18(10-13)28-9-8-27-17/h2-7,10,16,25H,8-9,11H2,1H3,(H,23,26)/t16-/m1/s1. The van der Waals surface area contributed by atoms with Crippen LogP contribution in [0.2, 0.25) is 5.02 Å². The van der Waals surface area contributed by atoms with E-state index in [1.54, 1.807) is 49.4 Å². The number of aliphatic hydroxyl groups is 1. The number of benzene rings is 2. The number of fused-ring (bicyclic) bond motifs is 1. The Morgan fingerprint density at radius 1 is 1.21 bits per heavy atom. The molecule has 0 fully saturated rings. The van der Waals surface area contributed by atoms with Crippen LogP contribution in [-0.2, 0) is 0 Å². The number of hydrogen-bond donors (Lipinski definition) is 2. The minimum atomic E-state index is -0.918. The van der Waals surface area contributed by atoms with Crippen molar-refractivity contribution in [2.45, 2.75) is 13.0 Å². The molecule has 2 aromatic carbocycles. The van der Waals surface area contributed by atoms with E-state index >= 15 is 0 Å². The maximum atomic E-state index is 12.8. The lowest BCUT2D eigenvalue weighted by Gasteiger charge is -2.20. The van der Waals surface area contributed by atoms with Gasteiger partial charge in [-0.2, -0.15) is 0 Å². The second kappa shape index (κ2) is 8.14. The molecule has 0 spiro atoms. The average molecular weight is 415 g/mol. The van der Waals surface area contributed by atoms with Gasteiger partial charge in [0.1, 0.15) is 30.2 Å². The molecule has 1 amide bonds. The van der Waals surface area contributed by atoms with Crippen molar-refractivity contribution in [2.75, 3.05) is 19.8 Å². The Morgan fingerprint density at radius 3 is 2.76 bits per heavy atom. The molecule has 0 radical (unpaired) electrons. The predicted octanol–water partition coefficient (Wildman–Crippen LogP) is 3.54. The summed E-state index contributed by atoms with van der Waals surface area (Å²) in [5, 5.41) is 17.7. The summed E-state index contributed by atoms with van der Waals surface area (Å²) in [7, 11) is 0. The molecular weight excluding hydrogens is 396 g/mol. The van der Waals surface area contributed by atoms with E-state index in [1.807, 2.05) is 0 Å². The smallest absolute Gasteiger partial charge is 0.257 e. The van der Waals surface area contributed by atoms with E-state index in [2.05, 4.69) is 10.5 Å². The van der Waals surface area contributed by atoms with Gasteiger partial charge in [-0.3, -0.25) is 4.79 Å². The van der Waals surface area contributed by atoms with E-state index < -0.39 is 12.0 Å². The Balaban J connectivity index is 1.49. The molecule has 0 saturated heterocycles. The topological polar surface area (TPSA) is 93.8 Å². The van der Waals surface area contributed by atoms with E-state index in [0.717, 1.165) is 0 Å². The first-order valence-electron chi connectivity index (χ1n) is 9.11. The van der Waals surface area contributed by atoms with Crippen molar-refractivity contribution >= 4 is 17.5 Å². The van der Waals surface area contributed by atoms with Crippen molar-refractivity contribution in [1.82, 2.24) is 10.5 Å². The Morgan fingerprint density at radius 2 is 1.97 bits per heavy atom. The molecule has 150 valence electrons. The number of ether oxygens (including phenoxy) is 2. The van der Waals surface area contributed by atoms with Crippen LogP contribution in [-0.4, -0.2) is 35.9 Å². The molecular formula is C21H19ClN2O5. The highest BCUT2D eigenvalue weighted by atomic mass is 35.5. The first-order valence-corrected chi connectivity index (χ1v) is 9.49. The number of aryl methyl sites for hydroxylation is 1. The van der Waals surface area contributed by atoms with E-state index in [1.165, 1.54) is 0 Å². The van der Waals surface area contributed by atoms with Gasteiger partial charge in [-0.15, -0.1) is 0 Å². The highest BCUT2D eigenvalue weighted by Crippen LogP contribution is 2.33. The van der Waals surface area contributed by atoms with Gasteiger partial charge >= 0.3 is 0 Å². The van der Waals surface area contributed by atoms with Crippen LogP contribution in [0.15, 0.2) is 47.0 Å². The van der Waals surface area contributed by atoms with Gasteiger partial charge in [-0.1, -0.05) is 41.0 Å². The van der Waals surface area contributed by atoms with Crippen LogP contribution in [0.3, 0.4) is 0 Å². The van der Waals surface area contributed by atoms with E-state index in [4.69, 9.17) is 25.6 Å². The molecule has 2 N–H and O–H groups in total. The molecule has 1 aliphatic heterocycles. The van der Waals surface area contributed by atoms with Crippen molar-refractivity contribution in [3.63, 3.8) is 0 Å². The number of carbonyl (C=O) groups is 1. The van der Waals surface area contributed by atoms with Gasteiger partial charge in [0.05, 0.1) is 11.1 Å². The summed E-state index contributed by atoms with van der Waals surface area (Å²) in [5.41, 5.74) is 1.86. The third-order valence-corrected chi connectivity index (χ3v) is 4.96. The van der Waals surface area contributed by atoms with Crippen LogP contribution in [0.5, 0.6) is 11.5 Å². The molecule has 1 atom stereocenters. The van der Waals surface area contributed by atoms with Crippen LogP contribution < -0.4 is 14.8 Å². The van der Waals surface area contributed by atoms with Gasteiger partial charge in [-0.25, -0.2) is 0 Å². The highest BCUT2D eigenvalue weighted by molar-refractivity contribution is 6.33. The van der Waals surface area contributed by atoms with Crippen LogP contribution >= 0.6 is 11.6 Å². The summed E-state index contributed by atoms with van der Waals surface area (Å²) in [4.78, 5) is 12.8. The van der Waals surface area contributed by atoms with Gasteiger partial charge < -0.3 is 24.4 Å². The molecule has 0 bridgehead atoms. The predicted molar refractivity (Wildman–Crippen MR) is 106 cm³/mol. The molecule has 0 aliphatic carbocycles. The molecule has 0 unspecified atom stereocenters. The Hall–Kier alpha value is -3.03. The van der Waals surface area contributed by atoms with Crippen LogP contribution in [0.25, 0.3) is 11.3 Å². The number of rotatable bonds is 5. The van der Waals surface area contributed by atoms with E-state index in [0.29, 0.717) is 52.3 Å². The van der Waals surface area contributed by atoms with Gasteiger partial charge in [0.15, 0.2) is 11.5 Å². The highest BCUT2D eigenvalue weighted by Gasteiger charge is 2.24. The zero-order valence-corrected chi connectivity index (χ0v) is 16.4. The maximum absolute atomic E-state index is 12.8. The fourth-order valence-electron chi connectivity index (χ4n) is 3.14. The Labute approximate surface area is 172 Å². The number of nitrogens with one attached hydrogen (secondary N) is 1. The molecule has 0 saturated carbocycles. The summed E-state index contributed by atoms with van der Waals surface area (Å²) in [6, 6.07) is 12.3. The second-order valence-electron chi connectivity index (χ2n) is 6.57. The van der Waals surface area contributed by atoms with Crippen molar-refractivity contribution < 1.29 is 23.9 Å². The van der Waals surface area contributed by atoms with Crippen molar-refractivity contribution in [1.29, 1.82) is 0 Å². The van der Waals surface area contributed by atoms with Crippen molar-refractivity contribution in [3.05, 3.63) is 64.4 Å². The summed E-state index contributed by atoms with van der Waals surface area (Å²) in [6.45, 7) is 2.61. The Kier molecular flexibility index (Phi) is 5.42. The normalized spacial score (nSPS) is 13.8. The molecule has 8 heteroatoms. The van der Waals surface area contributed by atoms with Gasteiger partial charge in [-0.05, 0) is 30.7 Å². The third kappa shape index (κ3) is 3.92. The van der Waals surface area contributed by atoms with Gasteiger partial charge in [0, 0.05) is 12.1 Å². The van der Waals surface area contributed by atoms with Crippen molar-refractivity contribution in [3.8, 4) is 22.8 Å². The number of nitrogens with zero attached hydrogens (tertiary/aromatic N) is 1. The zero-order valence-electron chi connectivity index (χ0n) is 15.6. The monoisotopic (exact) mass is 414 g/mol.